The van der Waals surface area contributed by atoms with Crippen molar-refractivity contribution in [1.82, 2.24) is 0 Å². The van der Waals surface area contributed by atoms with Crippen LogP contribution in [-0.4, -0.2) is 44.2 Å². The van der Waals surface area contributed by atoms with Gasteiger partial charge in [-0.2, -0.15) is 0 Å². The molecule has 0 bridgehead atoms. The molecule has 0 atom stereocenters. The fraction of sp³-hybridized carbons (Fsp3) is 0.857. The molecule has 0 radical (unpaired) electrons. The molecule has 0 aromatic carbocycles. The van der Waals surface area contributed by atoms with Crippen molar-refractivity contribution < 1.29 is 28.5 Å². The minimum atomic E-state index is -1.08. The Kier molecular flexibility index (Phi) is 7.75. The topological polar surface area (TPSA) is 71.1 Å². The highest BCUT2D eigenvalue weighted by atomic mass is 16.7. The lowest BCUT2D eigenvalue weighted by atomic mass is 9.99. The maximum atomic E-state index is 12.1. The highest BCUT2D eigenvalue weighted by Gasteiger charge is 2.39. The molecule has 0 unspecified atom stereocenters. The third kappa shape index (κ3) is 6.34. The molecule has 0 aromatic heterocycles. The highest BCUT2D eigenvalue weighted by molar-refractivity contribution is 5.95. The van der Waals surface area contributed by atoms with Gasteiger partial charge in [0.1, 0.15) is 0 Å². The lowest BCUT2D eigenvalue weighted by Crippen LogP contribution is -2.40. The van der Waals surface area contributed by atoms with E-state index in [4.69, 9.17) is 18.9 Å². The summed E-state index contributed by atoms with van der Waals surface area (Å²) in [5.74, 6) is -3.40. The third-order valence-electron chi connectivity index (χ3n) is 2.71. The van der Waals surface area contributed by atoms with Crippen LogP contribution in [0.4, 0.5) is 0 Å². The van der Waals surface area contributed by atoms with E-state index in [0.717, 1.165) is 0 Å². The van der Waals surface area contributed by atoms with Crippen LogP contribution < -0.4 is 0 Å². The van der Waals surface area contributed by atoms with Crippen LogP contribution in [0.1, 0.15) is 41.0 Å². The predicted molar refractivity (Wildman–Crippen MR) is 73.0 cm³/mol. The molecular formula is C14H26O6. The number of esters is 2. The first-order chi connectivity index (χ1) is 9.15. The summed E-state index contributed by atoms with van der Waals surface area (Å²) in [7, 11) is 2.89. The molecule has 0 aliphatic heterocycles. The molecule has 20 heavy (non-hydrogen) atoms. The summed E-state index contributed by atoms with van der Waals surface area (Å²) in [6.45, 7) is 8.51. The molecule has 6 heteroatoms. The second kappa shape index (κ2) is 8.21. The van der Waals surface area contributed by atoms with Gasteiger partial charge in [0.2, 0.25) is 0 Å². The summed E-state index contributed by atoms with van der Waals surface area (Å²) in [4.78, 5) is 24.1. The van der Waals surface area contributed by atoms with Gasteiger partial charge in [-0.05, 0) is 34.6 Å². The molecule has 0 rings (SSSR count). The Hall–Kier alpha value is -1.14. The van der Waals surface area contributed by atoms with Gasteiger partial charge >= 0.3 is 11.9 Å². The van der Waals surface area contributed by atoms with E-state index in [1.165, 1.54) is 14.2 Å². The Morgan fingerprint density at radius 1 is 0.900 bits per heavy atom. The first-order valence-corrected chi connectivity index (χ1v) is 6.66. The smallest absolute Gasteiger partial charge is 0.320 e. The lowest BCUT2D eigenvalue weighted by Gasteiger charge is -2.29. The van der Waals surface area contributed by atoms with E-state index in [2.05, 4.69) is 0 Å². The molecule has 0 aliphatic carbocycles. The first-order valence-electron chi connectivity index (χ1n) is 6.66. The lowest BCUT2D eigenvalue weighted by molar-refractivity contribution is -0.212. The molecule has 0 saturated carbocycles. The normalized spacial score (nSPS) is 12.1. The van der Waals surface area contributed by atoms with Crippen LogP contribution in [0.15, 0.2) is 0 Å². The molecule has 118 valence electrons. The predicted octanol–water partition coefficient (Wildman–Crippen LogP) is 1.90. The fourth-order valence-corrected chi connectivity index (χ4v) is 1.51. The second-order valence-electron chi connectivity index (χ2n) is 5.27. The second-order valence-corrected chi connectivity index (χ2v) is 5.27. The number of rotatable bonds is 8. The van der Waals surface area contributed by atoms with E-state index in [-0.39, 0.29) is 18.6 Å². The SMILES string of the molecule is COC(C)(CC(C(=O)OC(C)C)C(=O)OC(C)C)OC. The molecule has 6 nitrogen and oxygen atoms in total. The monoisotopic (exact) mass is 290 g/mol. The summed E-state index contributed by atoms with van der Waals surface area (Å²) < 4.78 is 20.6. The van der Waals surface area contributed by atoms with E-state index < -0.39 is 23.6 Å². The summed E-state index contributed by atoms with van der Waals surface area (Å²) in [6, 6.07) is 0. The molecule has 0 saturated heterocycles. The van der Waals surface area contributed by atoms with Gasteiger partial charge in [-0.15, -0.1) is 0 Å². The number of carbonyl (C=O) groups is 2. The van der Waals surface area contributed by atoms with Gasteiger partial charge in [0.15, 0.2) is 11.7 Å². The zero-order valence-corrected chi connectivity index (χ0v) is 13.4. The molecule has 0 aromatic rings. The van der Waals surface area contributed by atoms with Gasteiger partial charge in [-0.3, -0.25) is 9.59 Å². The summed E-state index contributed by atoms with van der Waals surface area (Å²) in [5.41, 5.74) is 0. The highest BCUT2D eigenvalue weighted by Crippen LogP contribution is 2.24. The van der Waals surface area contributed by atoms with E-state index in [0.29, 0.717) is 0 Å². The Balaban J connectivity index is 5.05. The van der Waals surface area contributed by atoms with Crippen molar-refractivity contribution in [2.45, 2.75) is 59.0 Å². The molecular weight excluding hydrogens is 264 g/mol. The minimum Gasteiger partial charge on any atom is -0.462 e. The maximum absolute atomic E-state index is 12.1. The van der Waals surface area contributed by atoms with Crippen LogP contribution in [0.3, 0.4) is 0 Å². The van der Waals surface area contributed by atoms with Crippen molar-refractivity contribution in [3.05, 3.63) is 0 Å². The fourth-order valence-electron chi connectivity index (χ4n) is 1.51. The van der Waals surface area contributed by atoms with E-state index in [9.17, 15) is 9.59 Å². The van der Waals surface area contributed by atoms with Crippen LogP contribution in [0.5, 0.6) is 0 Å². The van der Waals surface area contributed by atoms with Crippen LogP contribution >= 0.6 is 0 Å². The Morgan fingerprint density at radius 3 is 1.50 bits per heavy atom. The Bertz CT molecular complexity index is 298. The Morgan fingerprint density at radius 2 is 1.25 bits per heavy atom. The number of methoxy groups -OCH3 is 2. The maximum Gasteiger partial charge on any atom is 0.320 e. The molecule has 0 N–H and O–H groups in total. The summed E-state index contributed by atoms with van der Waals surface area (Å²) >= 11 is 0. The van der Waals surface area contributed by atoms with Crippen molar-refractivity contribution >= 4 is 11.9 Å². The number of ether oxygens (including phenoxy) is 4. The summed E-state index contributed by atoms with van der Waals surface area (Å²) in [6.07, 6.45) is -0.599. The van der Waals surface area contributed by atoms with Crippen LogP contribution in [0.25, 0.3) is 0 Å². The average Bonchev–Trinajstić information content (AvgIpc) is 2.33. The van der Waals surface area contributed by atoms with Gasteiger partial charge in [0.05, 0.1) is 12.2 Å². The van der Waals surface area contributed by atoms with Crippen LogP contribution in [0.2, 0.25) is 0 Å². The first kappa shape index (κ1) is 18.9. The zero-order valence-electron chi connectivity index (χ0n) is 13.4. The van der Waals surface area contributed by atoms with E-state index in [1.807, 2.05) is 0 Å². The largest absolute Gasteiger partial charge is 0.462 e. The molecule has 0 amide bonds. The van der Waals surface area contributed by atoms with Crippen molar-refractivity contribution in [1.29, 1.82) is 0 Å². The molecule has 0 heterocycles. The zero-order chi connectivity index (χ0) is 15.9. The number of hydrogen-bond donors (Lipinski definition) is 0. The standard InChI is InChI=1S/C14H26O6/c1-9(2)19-12(15)11(13(16)20-10(3)4)8-14(5,17-6)18-7/h9-11H,8H2,1-7H3. The Labute approximate surface area is 120 Å². The van der Waals surface area contributed by atoms with Crippen LogP contribution in [0, 0.1) is 5.92 Å². The van der Waals surface area contributed by atoms with Gasteiger partial charge in [0, 0.05) is 20.6 Å². The van der Waals surface area contributed by atoms with Crippen molar-refractivity contribution in [2.75, 3.05) is 14.2 Å². The summed E-state index contributed by atoms with van der Waals surface area (Å²) in [5, 5.41) is 0. The number of hydrogen-bond acceptors (Lipinski definition) is 6. The van der Waals surface area contributed by atoms with Crippen molar-refractivity contribution in [2.24, 2.45) is 5.92 Å². The van der Waals surface area contributed by atoms with Gasteiger partial charge in [-0.1, -0.05) is 0 Å². The minimum absolute atomic E-state index is 0.0249. The van der Waals surface area contributed by atoms with Gasteiger partial charge in [0.25, 0.3) is 0 Å². The molecule has 0 aliphatic rings. The average molecular weight is 290 g/mol. The van der Waals surface area contributed by atoms with Crippen molar-refractivity contribution in [3.8, 4) is 0 Å². The van der Waals surface area contributed by atoms with E-state index in [1.54, 1.807) is 34.6 Å². The molecule has 0 spiro atoms. The van der Waals surface area contributed by atoms with Gasteiger partial charge in [-0.25, -0.2) is 0 Å². The third-order valence-corrected chi connectivity index (χ3v) is 2.71. The van der Waals surface area contributed by atoms with Crippen LogP contribution in [-0.2, 0) is 28.5 Å². The van der Waals surface area contributed by atoms with E-state index >= 15 is 0 Å². The number of carbonyl (C=O) groups excluding carboxylic acids is 2. The quantitative estimate of drug-likeness (QED) is 0.386. The molecule has 0 fully saturated rings. The van der Waals surface area contributed by atoms with Gasteiger partial charge < -0.3 is 18.9 Å². The van der Waals surface area contributed by atoms with Crippen molar-refractivity contribution in [3.63, 3.8) is 0 Å².